The fourth-order valence-electron chi connectivity index (χ4n) is 1.76. The maximum atomic E-state index is 13.3. The van der Waals surface area contributed by atoms with Crippen LogP contribution >= 0.6 is 0 Å². The number of allylic oxidation sites excluding steroid dienone is 1. The van der Waals surface area contributed by atoms with Crippen LogP contribution in [0.3, 0.4) is 0 Å². The molecule has 0 amide bonds. The Hall–Kier alpha value is -1.91. The van der Waals surface area contributed by atoms with Gasteiger partial charge in [0.2, 0.25) is 0 Å². The van der Waals surface area contributed by atoms with Crippen molar-refractivity contribution in [1.82, 2.24) is 0 Å². The second kappa shape index (κ2) is 3.34. The van der Waals surface area contributed by atoms with Gasteiger partial charge in [-0.2, -0.15) is 0 Å². The van der Waals surface area contributed by atoms with E-state index >= 15 is 0 Å². The van der Waals surface area contributed by atoms with Gasteiger partial charge in [0, 0.05) is 17.2 Å². The molecule has 0 aliphatic heterocycles. The normalized spacial score (nSPS) is 13.7. The van der Waals surface area contributed by atoms with Gasteiger partial charge in [-0.1, -0.05) is 12.2 Å². The Bertz CT molecular complexity index is 468. The van der Waals surface area contributed by atoms with Crippen LogP contribution in [0.1, 0.15) is 17.5 Å². The zero-order chi connectivity index (χ0) is 11.0. The SMILES string of the molecule is O=[N+]([O-])c1c(O)cc(F)c2c1CCC=C2. The summed E-state index contributed by atoms with van der Waals surface area (Å²) in [6.45, 7) is 0. The Balaban J connectivity index is 2.75. The molecule has 0 spiro atoms. The van der Waals surface area contributed by atoms with Gasteiger partial charge in [-0.15, -0.1) is 0 Å². The number of hydrogen-bond donors (Lipinski definition) is 1. The van der Waals surface area contributed by atoms with Gasteiger partial charge in [0.1, 0.15) is 5.82 Å². The van der Waals surface area contributed by atoms with Crippen molar-refractivity contribution in [3.8, 4) is 5.75 Å². The van der Waals surface area contributed by atoms with E-state index in [-0.39, 0.29) is 16.8 Å². The standard InChI is InChI=1S/C10H8FNO3/c11-8-5-9(13)10(12(14)15)7-4-2-1-3-6(7)8/h1,3,5,13H,2,4H2. The smallest absolute Gasteiger partial charge is 0.314 e. The summed E-state index contributed by atoms with van der Waals surface area (Å²) in [5.41, 5.74) is 0.113. The third kappa shape index (κ3) is 1.45. The minimum absolute atomic E-state index is 0.214. The molecule has 5 heteroatoms. The first-order valence-electron chi connectivity index (χ1n) is 4.46. The molecule has 0 heterocycles. The zero-order valence-electron chi connectivity index (χ0n) is 7.74. The van der Waals surface area contributed by atoms with Gasteiger partial charge in [-0.25, -0.2) is 4.39 Å². The second-order valence-electron chi connectivity index (χ2n) is 3.32. The highest BCUT2D eigenvalue weighted by atomic mass is 19.1. The summed E-state index contributed by atoms with van der Waals surface area (Å²) in [5.74, 6) is -1.23. The first-order valence-corrected chi connectivity index (χ1v) is 4.46. The number of aromatic hydroxyl groups is 1. The predicted octanol–water partition coefficient (Wildman–Crippen LogP) is 2.40. The Kier molecular flexibility index (Phi) is 2.15. The monoisotopic (exact) mass is 209 g/mol. The van der Waals surface area contributed by atoms with Gasteiger partial charge >= 0.3 is 5.69 Å². The van der Waals surface area contributed by atoms with Crippen LogP contribution in [0.4, 0.5) is 10.1 Å². The van der Waals surface area contributed by atoms with Crippen molar-refractivity contribution in [3.05, 3.63) is 39.2 Å². The third-order valence-electron chi connectivity index (χ3n) is 2.40. The Morgan fingerprint density at radius 2 is 2.27 bits per heavy atom. The molecule has 0 saturated heterocycles. The number of halogens is 1. The van der Waals surface area contributed by atoms with Crippen LogP contribution in [0, 0.1) is 15.9 Å². The van der Waals surface area contributed by atoms with Crippen molar-refractivity contribution in [2.75, 3.05) is 0 Å². The number of fused-ring (bicyclic) bond motifs is 1. The van der Waals surface area contributed by atoms with Gasteiger partial charge in [-0.3, -0.25) is 10.1 Å². The quantitative estimate of drug-likeness (QED) is 0.570. The lowest BCUT2D eigenvalue weighted by atomic mass is 9.95. The van der Waals surface area contributed by atoms with Crippen molar-refractivity contribution >= 4 is 11.8 Å². The van der Waals surface area contributed by atoms with Crippen LogP contribution in [0.25, 0.3) is 6.08 Å². The number of benzene rings is 1. The van der Waals surface area contributed by atoms with Crippen molar-refractivity contribution in [2.24, 2.45) is 0 Å². The molecule has 4 nitrogen and oxygen atoms in total. The van der Waals surface area contributed by atoms with E-state index in [1.165, 1.54) is 6.08 Å². The van der Waals surface area contributed by atoms with Crippen LogP contribution < -0.4 is 0 Å². The summed E-state index contributed by atoms with van der Waals surface area (Å²) in [6.07, 6.45) is 4.27. The maximum absolute atomic E-state index is 13.3. The van der Waals surface area contributed by atoms with Crippen LogP contribution in [0.2, 0.25) is 0 Å². The molecule has 78 valence electrons. The third-order valence-corrected chi connectivity index (χ3v) is 2.40. The minimum atomic E-state index is -0.674. The Labute approximate surface area is 84.8 Å². The van der Waals surface area contributed by atoms with E-state index in [4.69, 9.17) is 0 Å². The summed E-state index contributed by atoms with van der Waals surface area (Å²) in [5, 5.41) is 20.0. The molecule has 0 unspecified atom stereocenters. The number of rotatable bonds is 1. The Morgan fingerprint density at radius 1 is 1.53 bits per heavy atom. The number of nitro groups is 1. The molecule has 1 N–H and O–H groups in total. The van der Waals surface area contributed by atoms with Gasteiger partial charge in [0.05, 0.1) is 4.92 Å². The largest absolute Gasteiger partial charge is 0.502 e. The van der Waals surface area contributed by atoms with Crippen molar-refractivity contribution in [1.29, 1.82) is 0 Å². The average Bonchev–Trinajstić information content (AvgIpc) is 2.17. The van der Waals surface area contributed by atoms with Gasteiger partial charge in [-0.05, 0) is 12.8 Å². The summed E-state index contributed by atoms with van der Waals surface area (Å²) in [6, 6.07) is 0.784. The average molecular weight is 209 g/mol. The Morgan fingerprint density at radius 3 is 2.93 bits per heavy atom. The second-order valence-corrected chi connectivity index (χ2v) is 3.32. The molecular formula is C10H8FNO3. The summed E-state index contributed by atoms with van der Waals surface area (Å²) < 4.78 is 13.3. The topological polar surface area (TPSA) is 63.4 Å². The highest BCUT2D eigenvalue weighted by Gasteiger charge is 2.26. The van der Waals surface area contributed by atoms with Crippen LogP contribution in [-0.2, 0) is 6.42 Å². The molecule has 2 rings (SSSR count). The number of phenolic OH excluding ortho intramolecular Hbond substituents is 1. The van der Waals surface area contributed by atoms with Crippen molar-refractivity contribution < 1.29 is 14.4 Å². The maximum Gasteiger partial charge on any atom is 0.314 e. The number of nitrogens with zero attached hydrogens (tertiary/aromatic N) is 1. The van der Waals surface area contributed by atoms with E-state index in [1.807, 2.05) is 0 Å². The molecule has 0 bridgehead atoms. The summed E-state index contributed by atoms with van der Waals surface area (Å²) >= 11 is 0. The molecule has 1 aromatic carbocycles. The van der Waals surface area contributed by atoms with E-state index in [0.29, 0.717) is 12.8 Å². The summed E-state index contributed by atoms with van der Waals surface area (Å²) in [7, 11) is 0. The van der Waals surface area contributed by atoms with E-state index < -0.39 is 16.5 Å². The fourth-order valence-corrected chi connectivity index (χ4v) is 1.76. The van der Waals surface area contributed by atoms with E-state index in [1.54, 1.807) is 6.08 Å². The highest BCUT2D eigenvalue weighted by Crippen LogP contribution is 2.37. The lowest BCUT2D eigenvalue weighted by Crippen LogP contribution is -2.03. The summed E-state index contributed by atoms with van der Waals surface area (Å²) in [4.78, 5) is 10.0. The highest BCUT2D eigenvalue weighted by molar-refractivity contribution is 5.67. The van der Waals surface area contributed by atoms with Crippen molar-refractivity contribution in [2.45, 2.75) is 12.8 Å². The molecule has 0 fully saturated rings. The molecular weight excluding hydrogens is 201 g/mol. The van der Waals surface area contributed by atoms with E-state index in [2.05, 4.69) is 0 Å². The van der Waals surface area contributed by atoms with Gasteiger partial charge in [0.15, 0.2) is 5.75 Å². The van der Waals surface area contributed by atoms with Gasteiger partial charge in [0.25, 0.3) is 0 Å². The molecule has 0 saturated carbocycles. The number of nitro benzene ring substituents is 1. The van der Waals surface area contributed by atoms with Crippen LogP contribution in [0.5, 0.6) is 5.75 Å². The number of phenols is 1. The zero-order valence-corrected chi connectivity index (χ0v) is 7.74. The van der Waals surface area contributed by atoms with Crippen molar-refractivity contribution in [3.63, 3.8) is 0 Å². The molecule has 0 atom stereocenters. The van der Waals surface area contributed by atoms with E-state index in [0.717, 1.165) is 6.07 Å². The molecule has 15 heavy (non-hydrogen) atoms. The van der Waals surface area contributed by atoms with Crippen LogP contribution in [-0.4, -0.2) is 10.0 Å². The first kappa shape index (κ1) is 9.64. The molecule has 1 aromatic rings. The molecule has 0 aromatic heterocycles. The first-order chi connectivity index (χ1) is 7.11. The lowest BCUT2D eigenvalue weighted by Gasteiger charge is -2.12. The fraction of sp³-hybridized carbons (Fsp3) is 0.200. The van der Waals surface area contributed by atoms with Crippen LogP contribution in [0.15, 0.2) is 12.1 Å². The van der Waals surface area contributed by atoms with E-state index in [9.17, 15) is 19.6 Å². The molecule has 1 aliphatic carbocycles. The lowest BCUT2D eigenvalue weighted by molar-refractivity contribution is -0.386. The number of hydrogen-bond acceptors (Lipinski definition) is 3. The molecule has 0 radical (unpaired) electrons. The molecule has 1 aliphatic rings. The van der Waals surface area contributed by atoms with Gasteiger partial charge < -0.3 is 5.11 Å². The minimum Gasteiger partial charge on any atom is -0.502 e. The predicted molar refractivity (Wildman–Crippen MR) is 52.1 cm³/mol.